The van der Waals surface area contributed by atoms with Gasteiger partial charge in [0.2, 0.25) is 0 Å². The number of phenols is 1. The molecule has 6 N–H and O–H groups in total. The highest BCUT2D eigenvalue weighted by Crippen LogP contribution is 2.31. The monoisotopic (exact) mass is 532 g/mol. The Hall–Kier alpha value is -3.02. The van der Waals surface area contributed by atoms with Crippen molar-refractivity contribution >= 4 is 11.8 Å². The largest absolute Gasteiger partial charge is 0.508 e. The second-order valence-corrected chi connectivity index (χ2v) is 9.45. The topological polar surface area (TPSA) is 160 Å². The number of ether oxygens (including phenoxy) is 1. The first kappa shape index (κ1) is 31.2. The first-order chi connectivity index (χ1) is 18.0. The molecule has 210 valence electrons. The molecule has 10 heteroatoms. The normalized spacial score (nSPS) is 15.3. The molecule has 0 aliphatic carbocycles. The average molecular weight is 533 g/mol. The molecule has 0 saturated heterocycles. The van der Waals surface area contributed by atoms with E-state index in [2.05, 4.69) is 5.32 Å². The number of benzene rings is 2. The van der Waals surface area contributed by atoms with Crippen molar-refractivity contribution in [2.45, 2.75) is 64.1 Å². The van der Waals surface area contributed by atoms with Gasteiger partial charge in [-0.2, -0.15) is 0 Å². The molecule has 10 nitrogen and oxygen atoms in total. The van der Waals surface area contributed by atoms with Crippen molar-refractivity contribution in [2.24, 2.45) is 0 Å². The van der Waals surface area contributed by atoms with Crippen LogP contribution in [0.2, 0.25) is 0 Å². The zero-order valence-corrected chi connectivity index (χ0v) is 22.4. The molecule has 0 spiro atoms. The number of aryl methyl sites for hydroxylation is 1. The highest BCUT2D eigenvalue weighted by molar-refractivity contribution is 6.00. The number of nitrogens with zero attached hydrogens (tertiary/aromatic N) is 1. The molecule has 0 saturated carbocycles. The SMILES string of the molecule is CCCN(CCC)C(=O)c1cc(C)cc(C(=O)NC(O)(C(O)c2ccc(O)cc2)C(O)C(O)CCOC)c1. The van der Waals surface area contributed by atoms with Gasteiger partial charge in [0.05, 0.1) is 6.10 Å². The van der Waals surface area contributed by atoms with E-state index in [0.29, 0.717) is 24.2 Å². The first-order valence-corrected chi connectivity index (χ1v) is 12.8. The van der Waals surface area contributed by atoms with Gasteiger partial charge in [-0.05, 0) is 67.6 Å². The van der Waals surface area contributed by atoms with Crippen LogP contribution in [-0.2, 0) is 4.74 Å². The maximum Gasteiger partial charge on any atom is 0.253 e. The molecule has 38 heavy (non-hydrogen) atoms. The fraction of sp³-hybridized carbons (Fsp3) is 0.500. The molecule has 0 aliphatic heterocycles. The molecule has 0 aromatic heterocycles. The summed E-state index contributed by atoms with van der Waals surface area (Å²) in [5.41, 5.74) is -1.74. The molecular formula is C28H40N2O8. The number of rotatable bonds is 14. The van der Waals surface area contributed by atoms with Crippen LogP contribution in [0.4, 0.5) is 0 Å². The summed E-state index contributed by atoms with van der Waals surface area (Å²) in [6.45, 7) is 6.83. The summed E-state index contributed by atoms with van der Waals surface area (Å²) < 4.78 is 4.92. The van der Waals surface area contributed by atoms with Crippen molar-refractivity contribution < 1.29 is 39.9 Å². The first-order valence-electron chi connectivity index (χ1n) is 12.8. The van der Waals surface area contributed by atoms with E-state index in [1.165, 1.54) is 43.5 Å². The highest BCUT2D eigenvalue weighted by atomic mass is 16.5. The predicted molar refractivity (Wildman–Crippen MR) is 142 cm³/mol. The van der Waals surface area contributed by atoms with E-state index in [1.807, 2.05) is 13.8 Å². The molecule has 0 radical (unpaired) electrons. The van der Waals surface area contributed by atoms with Crippen LogP contribution >= 0.6 is 0 Å². The van der Waals surface area contributed by atoms with E-state index in [0.717, 1.165) is 12.8 Å². The number of nitrogens with one attached hydrogen (secondary N) is 1. The van der Waals surface area contributed by atoms with Crippen molar-refractivity contribution in [1.82, 2.24) is 10.2 Å². The van der Waals surface area contributed by atoms with Gasteiger partial charge in [0.25, 0.3) is 11.8 Å². The predicted octanol–water partition coefficient (Wildman–Crippen LogP) is 1.87. The minimum atomic E-state index is -2.74. The molecular weight excluding hydrogens is 492 g/mol. The number of phenolic OH excluding ortho intramolecular Hbond substituents is 1. The number of carbonyl (C=O) groups is 2. The Bertz CT molecular complexity index is 1060. The van der Waals surface area contributed by atoms with Crippen molar-refractivity contribution in [3.8, 4) is 5.75 Å². The van der Waals surface area contributed by atoms with Gasteiger partial charge in [0.15, 0.2) is 5.72 Å². The van der Waals surface area contributed by atoms with Gasteiger partial charge in [-0.3, -0.25) is 9.59 Å². The van der Waals surface area contributed by atoms with Crippen molar-refractivity contribution in [2.75, 3.05) is 26.8 Å². The summed E-state index contributed by atoms with van der Waals surface area (Å²) in [4.78, 5) is 28.2. The number of hydrogen-bond donors (Lipinski definition) is 6. The molecule has 0 heterocycles. The number of carbonyl (C=O) groups excluding carboxylic acids is 2. The minimum Gasteiger partial charge on any atom is -0.508 e. The van der Waals surface area contributed by atoms with Gasteiger partial charge in [-0.15, -0.1) is 0 Å². The van der Waals surface area contributed by atoms with Gasteiger partial charge >= 0.3 is 0 Å². The lowest BCUT2D eigenvalue weighted by Crippen LogP contribution is -2.63. The van der Waals surface area contributed by atoms with Crippen molar-refractivity contribution in [1.29, 1.82) is 0 Å². The molecule has 2 amide bonds. The van der Waals surface area contributed by atoms with Crippen LogP contribution in [-0.4, -0.2) is 87.0 Å². The fourth-order valence-corrected chi connectivity index (χ4v) is 4.23. The van der Waals surface area contributed by atoms with Crippen LogP contribution < -0.4 is 5.32 Å². The van der Waals surface area contributed by atoms with Gasteiger partial charge < -0.3 is 40.5 Å². The van der Waals surface area contributed by atoms with E-state index < -0.39 is 29.9 Å². The standard InChI is InChI=1S/C28H40N2O8/c1-5-12-30(13-6-2)27(36)21-16-18(3)15-20(17-21)26(35)29-28(37,25(34)23(32)11-14-38-4)24(33)19-7-9-22(31)10-8-19/h7-10,15-17,23-25,31-34,37H,5-6,11-14H2,1-4H3,(H,29,35). The van der Waals surface area contributed by atoms with Gasteiger partial charge in [0.1, 0.15) is 18.0 Å². The third kappa shape index (κ3) is 7.75. The van der Waals surface area contributed by atoms with Crippen LogP contribution in [0.1, 0.15) is 71.1 Å². The summed E-state index contributed by atoms with van der Waals surface area (Å²) in [5.74, 6) is -1.20. The number of hydrogen-bond acceptors (Lipinski definition) is 8. The van der Waals surface area contributed by atoms with Crippen LogP contribution in [0.3, 0.4) is 0 Å². The molecule has 0 bridgehead atoms. The van der Waals surface area contributed by atoms with Crippen LogP contribution in [0.5, 0.6) is 5.75 Å². The molecule has 0 fully saturated rings. The maximum atomic E-state index is 13.4. The molecule has 0 aliphatic rings. The van der Waals surface area contributed by atoms with Crippen LogP contribution in [0.25, 0.3) is 0 Å². The summed E-state index contributed by atoms with van der Waals surface area (Å²) in [6.07, 6.45) is -4.03. The lowest BCUT2D eigenvalue weighted by atomic mass is 9.89. The summed E-state index contributed by atoms with van der Waals surface area (Å²) in [6, 6.07) is 9.73. The van der Waals surface area contributed by atoms with Gasteiger partial charge in [-0.1, -0.05) is 26.0 Å². The summed E-state index contributed by atoms with van der Waals surface area (Å²) >= 11 is 0. The van der Waals surface area contributed by atoms with E-state index in [4.69, 9.17) is 4.74 Å². The van der Waals surface area contributed by atoms with E-state index in [1.54, 1.807) is 17.9 Å². The zero-order chi connectivity index (χ0) is 28.5. The Balaban J connectivity index is 2.45. The van der Waals surface area contributed by atoms with E-state index >= 15 is 0 Å². The number of amides is 2. The highest BCUT2D eigenvalue weighted by Gasteiger charge is 2.48. The van der Waals surface area contributed by atoms with Crippen LogP contribution in [0.15, 0.2) is 42.5 Å². The second kappa shape index (κ2) is 14.2. The van der Waals surface area contributed by atoms with Crippen molar-refractivity contribution in [3.05, 3.63) is 64.7 Å². The van der Waals surface area contributed by atoms with Crippen molar-refractivity contribution in [3.63, 3.8) is 0 Å². The smallest absolute Gasteiger partial charge is 0.253 e. The third-order valence-electron chi connectivity index (χ3n) is 6.23. The number of aromatic hydroxyl groups is 1. The lowest BCUT2D eigenvalue weighted by Gasteiger charge is -2.39. The molecule has 2 rings (SSSR count). The Kier molecular flexibility index (Phi) is 11.7. The Morgan fingerprint density at radius 1 is 1.00 bits per heavy atom. The van der Waals surface area contributed by atoms with Gasteiger partial charge in [-0.25, -0.2) is 0 Å². The Morgan fingerprint density at radius 3 is 2.13 bits per heavy atom. The summed E-state index contributed by atoms with van der Waals surface area (Å²) in [7, 11) is 1.40. The van der Waals surface area contributed by atoms with E-state index in [9.17, 15) is 35.1 Å². The lowest BCUT2D eigenvalue weighted by molar-refractivity contribution is -0.192. The molecule has 4 unspecified atom stereocenters. The summed E-state index contributed by atoms with van der Waals surface area (Å²) in [5, 5.41) is 55.8. The second-order valence-electron chi connectivity index (χ2n) is 9.45. The number of aliphatic hydroxyl groups is 4. The molecule has 4 atom stereocenters. The molecule has 2 aromatic rings. The minimum absolute atomic E-state index is 0.0243. The molecule has 2 aromatic carbocycles. The Morgan fingerprint density at radius 2 is 1.58 bits per heavy atom. The van der Waals surface area contributed by atoms with Gasteiger partial charge in [0, 0.05) is 37.9 Å². The van der Waals surface area contributed by atoms with E-state index in [-0.39, 0.29) is 35.8 Å². The number of aliphatic hydroxyl groups excluding tert-OH is 3. The fourth-order valence-electron chi connectivity index (χ4n) is 4.23. The maximum absolute atomic E-state index is 13.4. The zero-order valence-electron chi connectivity index (χ0n) is 22.4. The average Bonchev–Trinajstić information content (AvgIpc) is 2.90. The number of methoxy groups -OCH3 is 1. The van der Waals surface area contributed by atoms with Crippen LogP contribution in [0, 0.1) is 6.92 Å². The quantitative estimate of drug-likeness (QED) is 0.201. The third-order valence-corrected chi connectivity index (χ3v) is 6.23. The Labute approximate surface area is 223 Å².